The Morgan fingerprint density at radius 1 is 1.27 bits per heavy atom. The Hall–Kier alpha value is -2.94. The fourth-order valence-corrected chi connectivity index (χ4v) is 3.68. The maximum absolute atomic E-state index is 13.0. The molecule has 1 aliphatic heterocycles. The first-order valence-corrected chi connectivity index (χ1v) is 11.1. The van der Waals surface area contributed by atoms with Crippen molar-refractivity contribution in [2.75, 3.05) is 60.2 Å². The lowest BCUT2D eigenvalue weighted by Crippen LogP contribution is -2.37. The van der Waals surface area contributed by atoms with Crippen LogP contribution in [0.4, 0.5) is 0 Å². The van der Waals surface area contributed by atoms with E-state index in [2.05, 4.69) is 4.90 Å². The van der Waals surface area contributed by atoms with Crippen molar-refractivity contribution >= 4 is 12.3 Å². The van der Waals surface area contributed by atoms with Gasteiger partial charge in [0.05, 0.1) is 39.6 Å². The molecule has 1 unspecified atom stereocenters. The second kappa shape index (κ2) is 12.9. The standard InChI is InChI=1S/C25H32N2O6/c1-30-22-8-4-7-21(24(17-22)31-2)18-27(19-28)25(29)20-6-3-9-23(16-20)33-13-5-10-26-11-14-32-15-12-26/h3-4,6-9,16-17,19,22H,5,10-15,18H2,1-2H3. The van der Waals surface area contributed by atoms with Crippen LogP contribution in [0.1, 0.15) is 16.8 Å². The SMILES string of the molecule is COC1=CC(OC)C=CC=C1CN(C=O)C(=O)c1cccc(OCCCN2CCOCC2)c1. The highest BCUT2D eigenvalue weighted by molar-refractivity contribution is 6.00. The van der Waals surface area contributed by atoms with Gasteiger partial charge in [-0.1, -0.05) is 24.3 Å². The van der Waals surface area contributed by atoms with E-state index in [0.29, 0.717) is 35.7 Å². The molecule has 33 heavy (non-hydrogen) atoms. The molecule has 0 bridgehead atoms. The van der Waals surface area contributed by atoms with Crippen LogP contribution in [0.2, 0.25) is 0 Å². The minimum absolute atomic E-state index is 0.0768. The molecule has 3 rings (SSSR count). The number of hydrogen-bond acceptors (Lipinski definition) is 7. The van der Waals surface area contributed by atoms with Crippen molar-refractivity contribution in [3.8, 4) is 5.75 Å². The molecule has 0 saturated carbocycles. The van der Waals surface area contributed by atoms with Crippen LogP contribution in [0.5, 0.6) is 5.75 Å². The van der Waals surface area contributed by atoms with E-state index in [1.165, 1.54) is 0 Å². The molecule has 2 amide bonds. The first-order valence-electron chi connectivity index (χ1n) is 11.1. The van der Waals surface area contributed by atoms with Gasteiger partial charge < -0.3 is 18.9 Å². The highest BCUT2D eigenvalue weighted by atomic mass is 16.5. The van der Waals surface area contributed by atoms with Gasteiger partial charge in [0.1, 0.15) is 11.5 Å². The molecule has 0 N–H and O–H groups in total. The summed E-state index contributed by atoms with van der Waals surface area (Å²) in [6.45, 7) is 5.03. The maximum atomic E-state index is 13.0. The summed E-state index contributed by atoms with van der Waals surface area (Å²) in [7, 11) is 3.15. The Kier molecular flexibility index (Phi) is 9.68. The van der Waals surface area contributed by atoms with Crippen LogP contribution in [0.25, 0.3) is 0 Å². The fourth-order valence-electron chi connectivity index (χ4n) is 3.68. The van der Waals surface area contributed by atoms with Crippen molar-refractivity contribution in [1.29, 1.82) is 0 Å². The van der Waals surface area contributed by atoms with E-state index < -0.39 is 5.91 Å². The van der Waals surface area contributed by atoms with Gasteiger partial charge in [-0.15, -0.1) is 0 Å². The summed E-state index contributed by atoms with van der Waals surface area (Å²) in [6, 6.07) is 6.91. The Balaban J connectivity index is 1.59. The summed E-state index contributed by atoms with van der Waals surface area (Å²) in [5.41, 5.74) is 1.08. The number of hydrogen-bond donors (Lipinski definition) is 0. The third-order valence-electron chi connectivity index (χ3n) is 5.52. The summed E-state index contributed by atoms with van der Waals surface area (Å²) in [4.78, 5) is 28.3. The molecule has 2 aliphatic rings. The number of imide groups is 1. The molecule has 1 atom stereocenters. The van der Waals surface area contributed by atoms with Crippen molar-refractivity contribution < 1.29 is 28.5 Å². The molecule has 1 aliphatic carbocycles. The predicted octanol–water partition coefficient (Wildman–Crippen LogP) is 2.43. The molecule has 178 valence electrons. The second-order valence-corrected chi connectivity index (χ2v) is 7.73. The average molecular weight is 457 g/mol. The van der Waals surface area contributed by atoms with E-state index in [9.17, 15) is 9.59 Å². The summed E-state index contributed by atoms with van der Waals surface area (Å²) < 4.78 is 22.0. The van der Waals surface area contributed by atoms with Gasteiger partial charge >= 0.3 is 0 Å². The van der Waals surface area contributed by atoms with Crippen molar-refractivity contribution in [2.24, 2.45) is 0 Å². The number of benzene rings is 1. The number of rotatable bonds is 11. The average Bonchev–Trinajstić information content (AvgIpc) is 3.07. The van der Waals surface area contributed by atoms with Crippen molar-refractivity contribution in [3.63, 3.8) is 0 Å². The summed E-state index contributed by atoms with van der Waals surface area (Å²) in [5.74, 6) is 0.756. The van der Waals surface area contributed by atoms with E-state index in [-0.39, 0.29) is 12.6 Å². The van der Waals surface area contributed by atoms with Crippen LogP contribution in [-0.2, 0) is 19.0 Å². The van der Waals surface area contributed by atoms with Gasteiger partial charge in [-0.3, -0.25) is 19.4 Å². The van der Waals surface area contributed by atoms with Crippen LogP contribution >= 0.6 is 0 Å². The van der Waals surface area contributed by atoms with E-state index in [1.54, 1.807) is 38.5 Å². The van der Waals surface area contributed by atoms with Crippen molar-refractivity contribution in [1.82, 2.24) is 9.80 Å². The number of amides is 2. The van der Waals surface area contributed by atoms with Gasteiger partial charge in [-0.05, 0) is 30.7 Å². The molecule has 0 radical (unpaired) electrons. The Morgan fingerprint density at radius 2 is 2.09 bits per heavy atom. The quantitative estimate of drug-likeness (QED) is 0.374. The van der Waals surface area contributed by atoms with E-state index in [4.69, 9.17) is 18.9 Å². The molecular weight excluding hydrogens is 424 g/mol. The Labute approximate surface area is 195 Å². The smallest absolute Gasteiger partial charge is 0.260 e. The predicted molar refractivity (Wildman–Crippen MR) is 124 cm³/mol. The zero-order chi connectivity index (χ0) is 23.5. The number of morpholine rings is 1. The Morgan fingerprint density at radius 3 is 2.82 bits per heavy atom. The molecular formula is C25H32N2O6. The van der Waals surface area contributed by atoms with Crippen LogP contribution < -0.4 is 4.74 Å². The number of carbonyl (C=O) groups is 2. The number of allylic oxidation sites excluding steroid dienone is 2. The third kappa shape index (κ3) is 7.28. The van der Waals surface area contributed by atoms with Gasteiger partial charge in [-0.25, -0.2) is 0 Å². The lowest BCUT2D eigenvalue weighted by Gasteiger charge is -2.26. The zero-order valence-electron chi connectivity index (χ0n) is 19.3. The molecule has 1 heterocycles. The number of nitrogens with zero attached hydrogens (tertiary/aromatic N) is 2. The summed E-state index contributed by atoms with van der Waals surface area (Å²) in [5, 5.41) is 0. The van der Waals surface area contributed by atoms with Crippen LogP contribution in [0.15, 0.2) is 59.9 Å². The van der Waals surface area contributed by atoms with Gasteiger partial charge in [0, 0.05) is 37.9 Å². The molecule has 8 heteroatoms. The monoisotopic (exact) mass is 456 g/mol. The van der Waals surface area contributed by atoms with Gasteiger partial charge in [0.2, 0.25) is 6.41 Å². The zero-order valence-corrected chi connectivity index (χ0v) is 19.3. The van der Waals surface area contributed by atoms with Crippen LogP contribution in [0.3, 0.4) is 0 Å². The van der Waals surface area contributed by atoms with E-state index in [0.717, 1.165) is 44.2 Å². The van der Waals surface area contributed by atoms with E-state index in [1.807, 2.05) is 24.3 Å². The highest BCUT2D eigenvalue weighted by Crippen LogP contribution is 2.20. The molecule has 0 spiro atoms. The molecule has 8 nitrogen and oxygen atoms in total. The topological polar surface area (TPSA) is 77.5 Å². The maximum Gasteiger partial charge on any atom is 0.260 e. The van der Waals surface area contributed by atoms with Crippen LogP contribution in [-0.4, -0.2) is 88.4 Å². The lowest BCUT2D eigenvalue weighted by atomic mass is 10.1. The first kappa shape index (κ1) is 24.7. The Bertz CT molecular complexity index is 889. The fraction of sp³-hybridized carbons (Fsp3) is 0.440. The summed E-state index contributed by atoms with van der Waals surface area (Å²) in [6.07, 6.45) is 8.47. The summed E-state index contributed by atoms with van der Waals surface area (Å²) >= 11 is 0. The van der Waals surface area contributed by atoms with Crippen molar-refractivity contribution in [3.05, 3.63) is 65.5 Å². The second-order valence-electron chi connectivity index (χ2n) is 7.73. The normalized spacial score (nSPS) is 18.7. The van der Waals surface area contributed by atoms with Gasteiger partial charge in [-0.2, -0.15) is 0 Å². The highest BCUT2D eigenvalue weighted by Gasteiger charge is 2.20. The molecule has 1 fully saturated rings. The van der Waals surface area contributed by atoms with Crippen molar-refractivity contribution in [2.45, 2.75) is 12.5 Å². The third-order valence-corrected chi connectivity index (χ3v) is 5.52. The minimum Gasteiger partial charge on any atom is -0.497 e. The minimum atomic E-state index is -0.406. The first-order chi connectivity index (χ1) is 16.1. The van der Waals surface area contributed by atoms with Gasteiger partial charge in [0.25, 0.3) is 5.91 Å². The largest absolute Gasteiger partial charge is 0.497 e. The molecule has 0 aromatic heterocycles. The number of carbonyl (C=O) groups excluding carboxylic acids is 2. The van der Waals surface area contributed by atoms with Gasteiger partial charge in [0.15, 0.2) is 0 Å². The van der Waals surface area contributed by atoms with E-state index >= 15 is 0 Å². The molecule has 1 aromatic carbocycles. The number of methoxy groups -OCH3 is 2. The molecule has 1 aromatic rings. The van der Waals surface area contributed by atoms with Crippen LogP contribution in [0, 0.1) is 0 Å². The molecule has 1 saturated heterocycles. The lowest BCUT2D eigenvalue weighted by molar-refractivity contribution is -0.115. The number of ether oxygens (including phenoxy) is 4.